The molecule has 4 nitrogen and oxygen atoms in total. The van der Waals surface area contributed by atoms with E-state index in [1.54, 1.807) is 0 Å². The van der Waals surface area contributed by atoms with Crippen molar-refractivity contribution >= 4 is 6.09 Å². The smallest absolute Gasteiger partial charge is 0.405 e. The zero-order valence-corrected chi connectivity index (χ0v) is 7.60. The highest BCUT2D eigenvalue weighted by Gasteiger charge is 2.30. The first-order chi connectivity index (χ1) is 6.68. The summed E-state index contributed by atoms with van der Waals surface area (Å²) in [5.41, 5.74) is 7.99. The summed E-state index contributed by atoms with van der Waals surface area (Å²) in [7, 11) is 0. The number of nitrogens with two attached hydrogens (primary N) is 1. The molecular weight excluding hydrogens is 180 g/mol. The van der Waals surface area contributed by atoms with Crippen molar-refractivity contribution in [3.63, 3.8) is 0 Å². The van der Waals surface area contributed by atoms with Crippen LogP contribution in [0.4, 0.5) is 4.79 Å². The van der Waals surface area contributed by atoms with E-state index in [9.17, 15) is 4.79 Å². The van der Waals surface area contributed by atoms with Gasteiger partial charge in [0.25, 0.3) is 0 Å². The average molecular weight is 192 g/mol. The SMILES string of the molecule is N[C@@H]1Cc2ccccc2[C@H]1NC(=O)O. The molecule has 1 aromatic carbocycles. The summed E-state index contributed by atoms with van der Waals surface area (Å²) in [6.45, 7) is 0. The first-order valence-corrected chi connectivity index (χ1v) is 4.51. The van der Waals surface area contributed by atoms with Gasteiger partial charge >= 0.3 is 6.09 Å². The third kappa shape index (κ3) is 1.44. The Kier molecular flexibility index (Phi) is 2.13. The summed E-state index contributed by atoms with van der Waals surface area (Å²) in [5.74, 6) is 0. The van der Waals surface area contributed by atoms with Crippen molar-refractivity contribution in [3.8, 4) is 0 Å². The lowest BCUT2D eigenvalue weighted by molar-refractivity contribution is 0.188. The number of nitrogens with one attached hydrogen (secondary N) is 1. The van der Waals surface area contributed by atoms with Gasteiger partial charge < -0.3 is 16.2 Å². The molecule has 1 aromatic rings. The van der Waals surface area contributed by atoms with Crippen LogP contribution >= 0.6 is 0 Å². The molecule has 1 aliphatic rings. The van der Waals surface area contributed by atoms with Gasteiger partial charge in [-0.1, -0.05) is 24.3 Å². The Morgan fingerprint density at radius 1 is 1.50 bits per heavy atom. The second-order valence-electron chi connectivity index (χ2n) is 3.49. The van der Waals surface area contributed by atoms with Gasteiger partial charge in [-0.05, 0) is 17.5 Å². The van der Waals surface area contributed by atoms with Gasteiger partial charge in [0.05, 0.1) is 6.04 Å². The molecule has 0 unspecified atom stereocenters. The van der Waals surface area contributed by atoms with Crippen molar-refractivity contribution in [3.05, 3.63) is 35.4 Å². The molecule has 0 radical (unpaired) electrons. The van der Waals surface area contributed by atoms with E-state index in [1.807, 2.05) is 24.3 Å². The van der Waals surface area contributed by atoms with Crippen LogP contribution < -0.4 is 11.1 Å². The topological polar surface area (TPSA) is 75.3 Å². The normalized spacial score (nSPS) is 24.4. The lowest BCUT2D eigenvalue weighted by Crippen LogP contribution is -2.37. The fourth-order valence-electron chi connectivity index (χ4n) is 1.94. The van der Waals surface area contributed by atoms with Gasteiger partial charge in [-0.25, -0.2) is 4.79 Å². The highest BCUT2D eigenvalue weighted by Crippen LogP contribution is 2.29. The largest absolute Gasteiger partial charge is 0.465 e. The van der Waals surface area contributed by atoms with E-state index >= 15 is 0 Å². The molecule has 1 aliphatic carbocycles. The minimum Gasteiger partial charge on any atom is -0.465 e. The van der Waals surface area contributed by atoms with Crippen molar-refractivity contribution in [1.29, 1.82) is 0 Å². The number of carboxylic acid groups (broad SMARTS) is 1. The Morgan fingerprint density at radius 3 is 2.93 bits per heavy atom. The summed E-state index contributed by atoms with van der Waals surface area (Å²) in [6, 6.07) is 7.33. The van der Waals surface area contributed by atoms with Crippen LogP contribution in [0.3, 0.4) is 0 Å². The third-order valence-corrected chi connectivity index (χ3v) is 2.55. The molecule has 0 aliphatic heterocycles. The Balaban J connectivity index is 2.30. The summed E-state index contributed by atoms with van der Waals surface area (Å²) >= 11 is 0. The van der Waals surface area contributed by atoms with Crippen LogP contribution in [0.15, 0.2) is 24.3 Å². The van der Waals surface area contributed by atoms with Gasteiger partial charge in [0.15, 0.2) is 0 Å². The molecule has 0 heterocycles. The first kappa shape index (κ1) is 9.02. The number of amides is 1. The number of hydrogen-bond acceptors (Lipinski definition) is 2. The molecule has 0 saturated carbocycles. The van der Waals surface area contributed by atoms with E-state index in [2.05, 4.69) is 5.32 Å². The standard InChI is InChI=1S/C10H12N2O2/c11-8-5-6-3-1-2-4-7(6)9(8)12-10(13)14/h1-4,8-9,12H,5,11H2,(H,13,14)/t8-,9-/m1/s1. The van der Waals surface area contributed by atoms with Gasteiger partial charge in [0.1, 0.15) is 0 Å². The number of benzene rings is 1. The Bertz CT molecular complexity index is 365. The van der Waals surface area contributed by atoms with Crippen LogP contribution in [0.2, 0.25) is 0 Å². The number of fused-ring (bicyclic) bond motifs is 1. The molecule has 0 bridgehead atoms. The maximum atomic E-state index is 10.5. The molecule has 2 atom stereocenters. The van der Waals surface area contributed by atoms with Crippen LogP contribution in [0.5, 0.6) is 0 Å². The van der Waals surface area contributed by atoms with E-state index in [1.165, 1.54) is 0 Å². The Hall–Kier alpha value is -1.55. The molecule has 0 spiro atoms. The van der Waals surface area contributed by atoms with E-state index in [0.717, 1.165) is 17.5 Å². The quantitative estimate of drug-likeness (QED) is 0.618. The highest BCUT2D eigenvalue weighted by atomic mass is 16.4. The first-order valence-electron chi connectivity index (χ1n) is 4.51. The van der Waals surface area contributed by atoms with E-state index in [4.69, 9.17) is 10.8 Å². The minimum absolute atomic E-state index is 0.150. The second-order valence-corrected chi connectivity index (χ2v) is 3.49. The zero-order valence-electron chi connectivity index (χ0n) is 7.60. The number of carbonyl (C=O) groups is 1. The monoisotopic (exact) mass is 192 g/mol. The molecule has 74 valence electrons. The van der Waals surface area contributed by atoms with Crippen LogP contribution in [0.25, 0.3) is 0 Å². The van der Waals surface area contributed by atoms with E-state index < -0.39 is 6.09 Å². The number of rotatable bonds is 1. The maximum absolute atomic E-state index is 10.5. The summed E-state index contributed by atoms with van der Waals surface area (Å²) in [4.78, 5) is 10.5. The van der Waals surface area contributed by atoms with Crippen molar-refractivity contribution in [2.75, 3.05) is 0 Å². The maximum Gasteiger partial charge on any atom is 0.405 e. The lowest BCUT2D eigenvalue weighted by atomic mass is 10.1. The summed E-state index contributed by atoms with van der Waals surface area (Å²) in [6.07, 6.45) is -0.289. The van der Waals surface area contributed by atoms with Gasteiger partial charge in [-0.3, -0.25) is 0 Å². The van der Waals surface area contributed by atoms with Crippen molar-refractivity contribution < 1.29 is 9.90 Å². The predicted octanol–water partition coefficient (Wildman–Crippen LogP) is 0.879. The lowest BCUT2D eigenvalue weighted by Gasteiger charge is -2.16. The van der Waals surface area contributed by atoms with Crippen LogP contribution in [-0.4, -0.2) is 17.2 Å². The van der Waals surface area contributed by atoms with E-state index in [0.29, 0.717) is 0 Å². The third-order valence-electron chi connectivity index (χ3n) is 2.55. The minimum atomic E-state index is -1.03. The van der Waals surface area contributed by atoms with Crippen LogP contribution in [0.1, 0.15) is 17.2 Å². The van der Waals surface area contributed by atoms with Gasteiger partial charge in [0.2, 0.25) is 0 Å². The van der Waals surface area contributed by atoms with Crippen molar-refractivity contribution in [2.45, 2.75) is 18.5 Å². The summed E-state index contributed by atoms with van der Waals surface area (Å²) in [5, 5.41) is 11.1. The summed E-state index contributed by atoms with van der Waals surface area (Å²) < 4.78 is 0. The van der Waals surface area contributed by atoms with Gasteiger partial charge in [-0.15, -0.1) is 0 Å². The molecule has 14 heavy (non-hydrogen) atoms. The molecule has 0 saturated heterocycles. The Labute approximate surface area is 81.7 Å². The second kappa shape index (κ2) is 3.31. The molecule has 1 amide bonds. The molecule has 4 heteroatoms. The highest BCUT2D eigenvalue weighted by molar-refractivity contribution is 5.66. The van der Waals surface area contributed by atoms with Gasteiger partial charge in [-0.2, -0.15) is 0 Å². The fourth-order valence-corrected chi connectivity index (χ4v) is 1.94. The number of hydrogen-bond donors (Lipinski definition) is 3. The van der Waals surface area contributed by atoms with Crippen LogP contribution in [0, 0.1) is 0 Å². The van der Waals surface area contributed by atoms with E-state index in [-0.39, 0.29) is 12.1 Å². The van der Waals surface area contributed by atoms with Crippen molar-refractivity contribution in [1.82, 2.24) is 5.32 Å². The average Bonchev–Trinajstić information content (AvgIpc) is 2.43. The van der Waals surface area contributed by atoms with Crippen LogP contribution in [-0.2, 0) is 6.42 Å². The zero-order chi connectivity index (χ0) is 10.1. The predicted molar refractivity (Wildman–Crippen MR) is 52.0 cm³/mol. The molecule has 2 rings (SSSR count). The van der Waals surface area contributed by atoms with Crippen molar-refractivity contribution in [2.24, 2.45) is 5.73 Å². The molecule has 0 fully saturated rings. The molecule has 4 N–H and O–H groups in total. The van der Waals surface area contributed by atoms with Gasteiger partial charge in [0, 0.05) is 6.04 Å². The fraction of sp³-hybridized carbons (Fsp3) is 0.300. The molecule has 0 aromatic heterocycles. The molecular formula is C10H12N2O2. The Morgan fingerprint density at radius 2 is 2.21 bits per heavy atom.